The lowest BCUT2D eigenvalue weighted by Gasteiger charge is -1.96. The van der Waals surface area contributed by atoms with E-state index in [0.717, 1.165) is 6.21 Å². The molecule has 1 aromatic carbocycles. The Morgan fingerprint density at radius 3 is 2.85 bits per heavy atom. The van der Waals surface area contributed by atoms with Crippen LogP contribution in [0.25, 0.3) is 0 Å². The summed E-state index contributed by atoms with van der Waals surface area (Å²) in [4.78, 5) is 9.77. The molecule has 0 aliphatic rings. The zero-order valence-electron chi connectivity index (χ0n) is 6.35. The van der Waals surface area contributed by atoms with Gasteiger partial charge in [-0.3, -0.25) is 10.1 Å². The van der Waals surface area contributed by atoms with Crippen molar-refractivity contribution in [3.63, 3.8) is 0 Å². The molecule has 0 aliphatic carbocycles. The number of hydrogen-bond donors (Lipinski definition) is 1. The van der Waals surface area contributed by atoms with E-state index < -0.39 is 4.92 Å². The molecular weight excluding hydrogens is 196 g/mol. The second-order valence-corrected chi connectivity index (χ2v) is 2.61. The number of hydrogen-bond acceptors (Lipinski definition) is 4. The molecule has 0 bridgehead atoms. The molecule has 0 radical (unpaired) electrons. The molecule has 1 aromatic rings. The minimum absolute atomic E-state index is 0.0979. The lowest BCUT2D eigenvalue weighted by Crippen LogP contribution is -1.90. The van der Waals surface area contributed by atoms with Gasteiger partial charge in [0, 0.05) is 22.7 Å². The quantitative estimate of drug-likeness (QED) is 0.344. The van der Waals surface area contributed by atoms with Crippen molar-refractivity contribution < 1.29 is 10.1 Å². The van der Waals surface area contributed by atoms with Crippen molar-refractivity contribution in [1.29, 1.82) is 0 Å². The van der Waals surface area contributed by atoms with Gasteiger partial charge >= 0.3 is 0 Å². The third-order valence-corrected chi connectivity index (χ3v) is 1.73. The zero-order chi connectivity index (χ0) is 9.84. The number of oxime groups is 1. The lowest BCUT2D eigenvalue weighted by atomic mass is 10.2. The average Bonchev–Trinajstić information content (AvgIpc) is 2.08. The van der Waals surface area contributed by atoms with Gasteiger partial charge in [-0.1, -0.05) is 16.8 Å². The Hall–Kier alpha value is -1.62. The van der Waals surface area contributed by atoms with E-state index in [0.29, 0.717) is 10.6 Å². The summed E-state index contributed by atoms with van der Waals surface area (Å²) in [6, 6.07) is 3.87. The van der Waals surface area contributed by atoms with Crippen LogP contribution >= 0.6 is 11.6 Å². The molecule has 0 fully saturated rings. The molecule has 0 amide bonds. The van der Waals surface area contributed by atoms with Gasteiger partial charge in [0.05, 0.1) is 11.1 Å². The Bertz CT molecular complexity index is 365. The Balaban J connectivity index is 3.18. The highest BCUT2D eigenvalue weighted by Gasteiger charge is 2.07. The summed E-state index contributed by atoms with van der Waals surface area (Å²) in [7, 11) is 0. The molecule has 0 saturated carbocycles. The summed E-state index contributed by atoms with van der Waals surface area (Å²) < 4.78 is 0. The highest BCUT2D eigenvalue weighted by atomic mass is 35.5. The van der Waals surface area contributed by atoms with Crippen molar-refractivity contribution in [3.05, 3.63) is 38.9 Å². The Morgan fingerprint density at radius 1 is 1.62 bits per heavy atom. The fourth-order valence-electron chi connectivity index (χ4n) is 0.806. The van der Waals surface area contributed by atoms with Gasteiger partial charge in [-0.2, -0.15) is 0 Å². The monoisotopic (exact) mass is 200 g/mol. The maximum absolute atomic E-state index is 10.3. The van der Waals surface area contributed by atoms with Crippen LogP contribution in [0.15, 0.2) is 23.4 Å². The van der Waals surface area contributed by atoms with E-state index in [4.69, 9.17) is 16.8 Å². The van der Waals surface area contributed by atoms with Crippen LogP contribution in [0.5, 0.6) is 0 Å². The van der Waals surface area contributed by atoms with Crippen LogP contribution in [0, 0.1) is 10.1 Å². The summed E-state index contributed by atoms with van der Waals surface area (Å²) >= 11 is 5.65. The van der Waals surface area contributed by atoms with Crippen molar-refractivity contribution in [3.8, 4) is 0 Å². The fraction of sp³-hybridized carbons (Fsp3) is 0. The smallest absolute Gasteiger partial charge is 0.270 e. The predicted molar refractivity (Wildman–Crippen MR) is 47.5 cm³/mol. The van der Waals surface area contributed by atoms with Crippen molar-refractivity contribution in [2.75, 3.05) is 0 Å². The molecule has 13 heavy (non-hydrogen) atoms. The van der Waals surface area contributed by atoms with Gasteiger partial charge in [0.25, 0.3) is 5.69 Å². The summed E-state index contributed by atoms with van der Waals surface area (Å²) in [5.41, 5.74) is 0.206. The Morgan fingerprint density at radius 2 is 2.31 bits per heavy atom. The zero-order valence-corrected chi connectivity index (χ0v) is 7.10. The number of nitrogens with zero attached hydrogens (tertiary/aromatic N) is 2. The molecule has 0 unspecified atom stereocenters. The van der Waals surface area contributed by atoms with Crippen molar-refractivity contribution >= 4 is 23.5 Å². The first-order valence-electron chi connectivity index (χ1n) is 3.26. The second-order valence-electron chi connectivity index (χ2n) is 2.21. The normalized spacial score (nSPS) is 10.5. The Labute approximate surface area is 78.4 Å². The van der Waals surface area contributed by atoms with Gasteiger partial charge in [0.2, 0.25) is 0 Å². The summed E-state index contributed by atoms with van der Waals surface area (Å²) in [6.45, 7) is 0. The standard InChI is InChI=1S/C7H5ClN2O3/c8-7-2-1-6(10(12)13)3-5(7)4-9-11/h1-4,11H. The largest absolute Gasteiger partial charge is 0.411 e. The van der Waals surface area contributed by atoms with Crippen LogP contribution in [0.4, 0.5) is 5.69 Å². The SMILES string of the molecule is O=[N+]([O-])c1ccc(Cl)c(C=NO)c1. The fourth-order valence-corrected chi connectivity index (χ4v) is 0.972. The van der Waals surface area contributed by atoms with Crippen LogP contribution in [0.2, 0.25) is 5.02 Å². The maximum Gasteiger partial charge on any atom is 0.270 e. The molecule has 0 atom stereocenters. The van der Waals surface area contributed by atoms with Crippen molar-refractivity contribution in [1.82, 2.24) is 0 Å². The number of non-ortho nitro benzene ring substituents is 1. The highest BCUT2D eigenvalue weighted by molar-refractivity contribution is 6.33. The molecule has 6 heteroatoms. The summed E-state index contributed by atoms with van der Waals surface area (Å²) in [5, 5.41) is 21.6. The third-order valence-electron chi connectivity index (χ3n) is 1.39. The number of nitro groups is 1. The molecule has 68 valence electrons. The van der Waals surface area contributed by atoms with Gasteiger partial charge in [-0.25, -0.2) is 0 Å². The second kappa shape index (κ2) is 3.86. The van der Waals surface area contributed by atoms with Gasteiger partial charge in [0.1, 0.15) is 0 Å². The van der Waals surface area contributed by atoms with Crippen molar-refractivity contribution in [2.45, 2.75) is 0 Å². The maximum atomic E-state index is 10.3. The van der Waals surface area contributed by atoms with Gasteiger partial charge in [-0.15, -0.1) is 0 Å². The van der Waals surface area contributed by atoms with Crippen LogP contribution in [0.3, 0.4) is 0 Å². The predicted octanol–water partition coefficient (Wildman–Crippen LogP) is 2.06. The first-order chi connectivity index (χ1) is 6.15. The topological polar surface area (TPSA) is 75.7 Å². The molecule has 0 heterocycles. The van der Waals surface area contributed by atoms with E-state index in [2.05, 4.69) is 5.16 Å². The first-order valence-corrected chi connectivity index (χ1v) is 3.64. The molecule has 0 aliphatic heterocycles. The first kappa shape index (κ1) is 9.47. The molecule has 0 spiro atoms. The molecule has 1 N–H and O–H groups in total. The summed E-state index contributed by atoms with van der Waals surface area (Å²) in [6.07, 6.45) is 1.04. The number of rotatable bonds is 2. The highest BCUT2D eigenvalue weighted by Crippen LogP contribution is 2.20. The minimum atomic E-state index is -0.551. The molecule has 5 nitrogen and oxygen atoms in total. The molecular formula is C7H5ClN2O3. The van der Waals surface area contributed by atoms with Gasteiger partial charge in [-0.05, 0) is 6.07 Å². The number of nitro benzene ring substituents is 1. The molecule has 0 aromatic heterocycles. The van der Waals surface area contributed by atoms with Crippen LogP contribution in [-0.4, -0.2) is 16.3 Å². The van der Waals surface area contributed by atoms with Gasteiger partial charge < -0.3 is 5.21 Å². The van der Waals surface area contributed by atoms with Crippen molar-refractivity contribution in [2.24, 2.45) is 5.16 Å². The van der Waals surface area contributed by atoms with E-state index in [9.17, 15) is 10.1 Å². The van der Waals surface area contributed by atoms with E-state index in [1.165, 1.54) is 18.2 Å². The lowest BCUT2D eigenvalue weighted by molar-refractivity contribution is -0.384. The van der Waals surface area contributed by atoms with Crippen LogP contribution in [-0.2, 0) is 0 Å². The Kier molecular flexibility index (Phi) is 2.81. The summed E-state index contributed by atoms with van der Waals surface area (Å²) in [5.74, 6) is 0. The van der Waals surface area contributed by atoms with Crippen LogP contribution in [0.1, 0.15) is 5.56 Å². The van der Waals surface area contributed by atoms with E-state index in [1.54, 1.807) is 0 Å². The van der Waals surface area contributed by atoms with E-state index in [1.807, 2.05) is 0 Å². The minimum Gasteiger partial charge on any atom is -0.411 e. The third kappa shape index (κ3) is 2.16. The number of halogens is 1. The van der Waals surface area contributed by atoms with E-state index >= 15 is 0 Å². The molecule has 1 rings (SSSR count). The van der Waals surface area contributed by atoms with Gasteiger partial charge in [0.15, 0.2) is 0 Å². The average molecular weight is 201 g/mol. The van der Waals surface area contributed by atoms with Crippen LogP contribution < -0.4 is 0 Å². The van der Waals surface area contributed by atoms with E-state index in [-0.39, 0.29) is 5.69 Å². The molecule has 0 saturated heterocycles. The number of benzene rings is 1.